The molecule has 7 nitrogen and oxygen atoms in total. The van der Waals surface area contributed by atoms with Crippen LogP contribution in [0.4, 0.5) is 11.4 Å². The molecule has 0 bridgehead atoms. The van der Waals surface area contributed by atoms with E-state index in [4.69, 9.17) is 0 Å². The van der Waals surface area contributed by atoms with Gasteiger partial charge in [-0.2, -0.15) is 13.5 Å². The zero-order chi connectivity index (χ0) is 20.5. The molecule has 158 valence electrons. The Labute approximate surface area is 184 Å². The van der Waals surface area contributed by atoms with E-state index in [-0.39, 0.29) is 25.4 Å². The molecule has 0 aliphatic carbocycles. The highest BCUT2D eigenvalue weighted by molar-refractivity contribution is 7.59. The summed E-state index contributed by atoms with van der Waals surface area (Å²) in [6.45, 7) is 6.64. The van der Waals surface area contributed by atoms with Crippen LogP contribution in [0.15, 0.2) is 36.5 Å². The monoisotopic (exact) mass is 424 g/mol. The standard InChI is InChI=1S/C22H26N6O.H2S/c1-14-6-5-7-17(10-14)12-28-13-19(25-26-28)9-8-18-11-20-21(15(2)23-18)24-22(29)16(3)27(20)4;/h5-7,10-11,13,16H,8-9,12H2,1-4H3,(H,24,29);1H2/t16-;/m0./s1. The maximum atomic E-state index is 12.1. The lowest BCUT2D eigenvalue weighted by Crippen LogP contribution is -2.44. The lowest BCUT2D eigenvalue weighted by molar-refractivity contribution is -0.117. The highest BCUT2D eigenvalue weighted by Gasteiger charge is 2.28. The largest absolute Gasteiger partial charge is 0.361 e. The second kappa shape index (κ2) is 8.87. The molecule has 3 heterocycles. The molecule has 0 saturated carbocycles. The van der Waals surface area contributed by atoms with Gasteiger partial charge in [0, 0.05) is 18.9 Å². The SMILES string of the molecule is Cc1cccc(Cn2cc(CCc3cc4c(c(C)n3)NC(=O)[C@H](C)N4C)nn2)c1.S. The third kappa shape index (κ3) is 4.48. The normalized spacial score (nSPS) is 15.4. The first-order valence-corrected chi connectivity index (χ1v) is 9.89. The third-order valence-corrected chi connectivity index (χ3v) is 5.47. The van der Waals surface area contributed by atoms with Crippen molar-refractivity contribution >= 4 is 30.8 Å². The van der Waals surface area contributed by atoms with E-state index in [9.17, 15) is 4.79 Å². The first kappa shape index (κ1) is 21.8. The van der Waals surface area contributed by atoms with Crippen LogP contribution in [0.1, 0.15) is 35.1 Å². The van der Waals surface area contributed by atoms with Gasteiger partial charge in [0.05, 0.1) is 29.3 Å². The van der Waals surface area contributed by atoms with Crippen molar-refractivity contribution in [1.82, 2.24) is 20.0 Å². The van der Waals surface area contributed by atoms with Crippen LogP contribution in [0.3, 0.4) is 0 Å². The molecule has 1 atom stereocenters. The Hall–Kier alpha value is -2.87. The van der Waals surface area contributed by atoms with Crippen molar-refractivity contribution < 1.29 is 4.79 Å². The van der Waals surface area contributed by atoms with Crippen molar-refractivity contribution in [3.05, 3.63) is 64.7 Å². The summed E-state index contributed by atoms with van der Waals surface area (Å²) in [6.07, 6.45) is 3.54. The number of likely N-dealkylation sites (N-methyl/N-ethyl adjacent to an activating group) is 1. The quantitative estimate of drug-likeness (QED) is 0.681. The predicted octanol–water partition coefficient (Wildman–Crippen LogP) is 3.01. The summed E-state index contributed by atoms with van der Waals surface area (Å²) in [5.74, 6) is 0.00266. The fourth-order valence-electron chi connectivity index (χ4n) is 3.68. The summed E-state index contributed by atoms with van der Waals surface area (Å²) in [4.78, 5) is 18.8. The molecule has 30 heavy (non-hydrogen) atoms. The first-order chi connectivity index (χ1) is 13.9. The minimum atomic E-state index is -0.196. The Bertz CT molecular complexity index is 1060. The smallest absolute Gasteiger partial charge is 0.246 e. The fraction of sp³-hybridized carbons (Fsp3) is 0.364. The van der Waals surface area contributed by atoms with Gasteiger partial charge in [-0.1, -0.05) is 35.0 Å². The maximum absolute atomic E-state index is 12.1. The number of anilines is 2. The van der Waals surface area contributed by atoms with Crippen molar-refractivity contribution in [2.75, 3.05) is 17.3 Å². The second-order valence-corrected chi connectivity index (χ2v) is 7.77. The topological polar surface area (TPSA) is 75.9 Å². The molecular weight excluding hydrogens is 396 g/mol. The van der Waals surface area contributed by atoms with Crippen LogP contribution in [0.25, 0.3) is 0 Å². The molecule has 0 radical (unpaired) electrons. The summed E-state index contributed by atoms with van der Waals surface area (Å²) >= 11 is 0. The average Bonchev–Trinajstić information content (AvgIpc) is 3.13. The van der Waals surface area contributed by atoms with Crippen molar-refractivity contribution in [2.24, 2.45) is 0 Å². The number of nitrogens with one attached hydrogen (secondary N) is 1. The number of carbonyl (C=O) groups excluding carboxylic acids is 1. The molecule has 2 aromatic heterocycles. The molecule has 4 rings (SSSR count). The van der Waals surface area contributed by atoms with Gasteiger partial charge in [-0.05, 0) is 45.2 Å². The molecule has 3 aromatic rings. The van der Waals surface area contributed by atoms with E-state index in [0.717, 1.165) is 41.3 Å². The molecule has 1 aromatic carbocycles. The van der Waals surface area contributed by atoms with Crippen LogP contribution in [-0.2, 0) is 24.2 Å². The van der Waals surface area contributed by atoms with E-state index in [1.54, 1.807) is 0 Å². The molecule has 8 heteroatoms. The Balaban J connectivity index is 0.00000256. The Morgan fingerprint density at radius 1 is 1.13 bits per heavy atom. The summed E-state index contributed by atoms with van der Waals surface area (Å²) in [5, 5.41) is 11.5. The summed E-state index contributed by atoms with van der Waals surface area (Å²) in [6, 6.07) is 10.3. The number of hydrogen-bond donors (Lipinski definition) is 1. The zero-order valence-corrected chi connectivity index (χ0v) is 18.8. The Morgan fingerprint density at radius 3 is 2.67 bits per heavy atom. The summed E-state index contributed by atoms with van der Waals surface area (Å²) in [5.41, 5.74) is 7.06. The van der Waals surface area contributed by atoms with Gasteiger partial charge in [0.15, 0.2) is 0 Å². The highest BCUT2D eigenvalue weighted by atomic mass is 32.1. The van der Waals surface area contributed by atoms with Gasteiger partial charge < -0.3 is 10.2 Å². The summed E-state index contributed by atoms with van der Waals surface area (Å²) < 4.78 is 1.88. The minimum absolute atomic E-state index is 0. The summed E-state index contributed by atoms with van der Waals surface area (Å²) in [7, 11) is 1.95. The average molecular weight is 425 g/mol. The van der Waals surface area contributed by atoms with Gasteiger partial charge in [-0.15, -0.1) is 5.10 Å². The second-order valence-electron chi connectivity index (χ2n) is 7.77. The molecule has 0 saturated heterocycles. The number of fused-ring (bicyclic) bond motifs is 1. The Morgan fingerprint density at radius 2 is 1.90 bits per heavy atom. The molecule has 1 N–H and O–H groups in total. The zero-order valence-electron chi connectivity index (χ0n) is 17.8. The van der Waals surface area contributed by atoms with Crippen LogP contribution < -0.4 is 10.2 Å². The van der Waals surface area contributed by atoms with Gasteiger partial charge in [0.1, 0.15) is 6.04 Å². The van der Waals surface area contributed by atoms with Gasteiger partial charge in [-0.3, -0.25) is 9.78 Å². The van der Waals surface area contributed by atoms with E-state index in [0.29, 0.717) is 6.54 Å². The van der Waals surface area contributed by atoms with E-state index in [1.165, 1.54) is 11.1 Å². The molecule has 1 aliphatic rings. The van der Waals surface area contributed by atoms with Gasteiger partial charge in [0.25, 0.3) is 0 Å². The van der Waals surface area contributed by atoms with Gasteiger partial charge in [-0.25, -0.2) is 4.68 Å². The van der Waals surface area contributed by atoms with Crippen molar-refractivity contribution in [1.29, 1.82) is 0 Å². The number of aromatic nitrogens is 4. The van der Waals surface area contributed by atoms with Crippen LogP contribution in [0.2, 0.25) is 0 Å². The molecule has 1 aliphatic heterocycles. The Kier molecular flexibility index (Phi) is 6.45. The number of benzene rings is 1. The van der Waals surface area contributed by atoms with Crippen LogP contribution >= 0.6 is 13.5 Å². The van der Waals surface area contributed by atoms with Crippen LogP contribution in [0.5, 0.6) is 0 Å². The molecule has 1 amide bonds. The van der Waals surface area contributed by atoms with E-state index < -0.39 is 0 Å². The minimum Gasteiger partial charge on any atom is -0.361 e. The van der Waals surface area contributed by atoms with Crippen molar-refractivity contribution in [3.63, 3.8) is 0 Å². The number of pyridine rings is 1. The molecule has 0 spiro atoms. The predicted molar refractivity (Wildman–Crippen MR) is 124 cm³/mol. The molecule has 0 unspecified atom stereocenters. The number of hydrogen-bond acceptors (Lipinski definition) is 5. The van der Waals surface area contributed by atoms with E-state index in [1.807, 2.05) is 36.7 Å². The fourth-order valence-corrected chi connectivity index (χ4v) is 3.68. The lowest BCUT2D eigenvalue weighted by Gasteiger charge is -2.34. The third-order valence-electron chi connectivity index (χ3n) is 5.47. The van der Waals surface area contributed by atoms with Crippen LogP contribution in [0, 0.1) is 13.8 Å². The number of carbonyl (C=O) groups is 1. The van der Waals surface area contributed by atoms with Gasteiger partial charge in [0.2, 0.25) is 5.91 Å². The van der Waals surface area contributed by atoms with E-state index >= 15 is 0 Å². The number of amides is 1. The highest BCUT2D eigenvalue weighted by Crippen LogP contribution is 2.33. The molecular formula is C22H28N6OS. The number of rotatable bonds is 5. The van der Waals surface area contributed by atoms with Crippen molar-refractivity contribution in [2.45, 2.75) is 46.2 Å². The maximum Gasteiger partial charge on any atom is 0.246 e. The van der Waals surface area contributed by atoms with Crippen LogP contribution in [-0.4, -0.2) is 39.0 Å². The lowest BCUT2D eigenvalue weighted by atomic mass is 10.1. The van der Waals surface area contributed by atoms with Crippen molar-refractivity contribution in [3.8, 4) is 0 Å². The number of nitrogens with zero attached hydrogens (tertiary/aromatic N) is 5. The van der Waals surface area contributed by atoms with Gasteiger partial charge >= 0.3 is 0 Å². The van der Waals surface area contributed by atoms with E-state index in [2.05, 4.69) is 57.9 Å². The number of aryl methyl sites for hydroxylation is 4. The molecule has 0 fully saturated rings. The first-order valence-electron chi connectivity index (χ1n) is 9.89.